The minimum atomic E-state index is -0.427. The first kappa shape index (κ1) is 13.8. The van der Waals surface area contributed by atoms with Crippen molar-refractivity contribution in [3.05, 3.63) is 29.8 Å². The van der Waals surface area contributed by atoms with Gasteiger partial charge in [0.2, 0.25) is 0 Å². The molecule has 2 nitrogen and oxygen atoms in total. The van der Waals surface area contributed by atoms with Crippen molar-refractivity contribution in [2.24, 2.45) is 5.92 Å². The van der Waals surface area contributed by atoms with Crippen LogP contribution in [-0.4, -0.2) is 12.8 Å². The lowest BCUT2D eigenvalue weighted by Crippen LogP contribution is -2.30. The Bertz CT molecular complexity index is 394. The smallest absolute Gasteiger partial charge is 0.143 e. The maximum atomic E-state index is 12.3. The van der Waals surface area contributed by atoms with Crippen LogP contribution in [-0.2, 0) is 10.2 Å². The van der Waals surface area contributed by atoms with Crippen molar-refractivity contribution >= 4 is 11.5 Å². The van der Waals surface area contributed by atoms with Crippen LogP contribution in [0, 0.1) is 5.92 Å². The van der Waals surface area contributed by atoms with Crippen LogP contribution in [0.1, 0.15) is 39.7 Å². The lowest BCUT2D eigenvalue weighted by molar-refractivity contribution is -0.124. The van der Waals surface area contributed by atoms with Gasteiger partial charge in [0.15, 0.2) is 0 Å². The van der Waals surface area contributed by atoms with Crippen LogP contribution in [0.5, 0.6) is 0 Å². The zero-order chi connectivity index (χ0) is 13.1. The first-order valence-corrected chi connectivity index (χ1v) is 6.20. The van der Waals surface area contributed by atoms with E-state index in [4.69, 9.17) is 0 Å². The van der Waals surface area contributed by atoms with Crippen molar-refractivity contribution in [3.63, 3.8) is 0 Å². The minimum absolute atomic E-state index is 0.301. The number of anilines is 1. The van der Waals surface area contributed by atoms with Gasteiger partial charge in [-0.3, -0.25) is 4.79 Å². The highest BCUT2D eigenvalue weighted by molar-refractivity contribution is 5.91. The molecule has 0 aliphatic rings. The summed E-state index contributed by atoms with van der Waals surface area (Å²) in [6, 6.07) is 8.02. The van der Waals surface area contributed by atoms with Gasteiger partial charge in [-0.2, -0.15) is 0 Å². The van der Waals surface area contributed by atoms with E-state index in [0.717, 1.165) is 11.3 Å². The second-order valence-corrected chi connectivity index (χ2v) is 5.44. The van der Waals surface area contributed by atoms with E-state index in [1.54, 1.807) is 0 Å². The number of nitrogens with one attached hydrogen (secondary N) is 1. The van der Waals surface area contributed by atoms with Gasteiger partial charge in [-0.05, 0) is 31.4 Å². The summed E-state index contributed by atoms with van der Waals surface area (Å²) in [7, 11) is 1.89. The molecule has 0 amide bonds. The Morgan fingerprint density at radius 1 is 1.29 bits per heavy atom. The van der Waals surface area contributed by atoms with Gasteiger partial charge in [-0.15, -0.1) is 0 Å². The zero-order valence-corrected chi connectivity index (χ0v) is 11.5. The van der Waals surface area contributed by atoms with Crippen molar-refractivity contribution in [1.29, 1.82) is 0 Å². The highest BCUT2D eigenvalue weighted by atomic mass is 16.1. The second-order valence-electron chi connectivity index (χ2n) is 5.44. The zero-order valence-electron chi connectivity index (χ0n) is 11.5. The lowest BCUT2D eigenvalue weighted by atomic mass is 9.77. The molecule has 94 valence electrons. The second kappa shape index (κ2) is 5.35. The quantitative estimate of drug-likeness (QED) is 0.841. The van der Waals surface area contributed by atoms with Crippen molar-refractivity contribution in [2.75, 3.05) is 12.4 Å². The van der Waals surface area contributed by atoms with E-state index in [2.05, 4.69) is 19.2 Å². The molecule has 17 heavy (non-hydrogen) atoms. The van der Waals surface area contributed by atoms with Gasteiger partial charge in [-0.1, -0.05) is 32.0 Å². The van der Waals surface area contributed by atoms with E-state index in [1.165, 1.54) is 0 Å². The molecule has 0 saturated carbocycles. The molecule has 0 fully saturated rings. The number of hydrogen-bond acceptors (Lipinski definition) is 2. The van der Waals surface area contributed by atoms with E-state index in [1.807, 2.05) is 45.2 Å². The standard InChI is InChI=1S/C15H23NO/c1-11(2)10-14(17)15(3,4)12-8-6-7-9-13(12)16-5/h6-9,11,16H,10H2,1-5H3. The minimum Gasteiger partial charge on any atom is -0.388 e. The Morgan fingerprint density at radius 2 is 1.88 bits per heavy atom. The molecule has 1 N–H and O–H groups in total. The third kappa shape index (κ3) is 3.09. The monoisotopic (exact) mass is 233 g/mol. The maximum absolute atomic E-state index is 12.3. The van der Waals surface area contributed by atoms with Gasteiger partial charge in [0, 0.05) is 19.2 Å². The predicted octanol–water partition coefficient (Wildman–Crippen LogP) is 3.62. The summed E-state index contributed by atoms with van der Waals surface area (Å²) in [6.07, 6.45) is 0.630. The number of Topliss-reactive ketones (excluding diaryl/α,β-unsaturated/α-hetero) is 1. The summed E-state index contributed by atoms with van der Waals surface area (Å²) in [4.78, 5) is 12.3. The van der Waals surface area contributed by atoms with E-state index in [0.29, 0.717) is 18.1 Å². The van der Waals surface area contributed by atoms with Crippen LogP contribution in [0.25, 0.3) is 0 Å². The van der Waals surface area contributed by atoms with Gasteiger partial charge < -0.3 is 5.32 Å². The predicted molar refractivity (Wildman–Crippen MR) is 73.5 cm³/mol. The van der Waals surface area contributed by atoms with Crippen LogP contribution in [0.3, 0.4) is 0 Å². The lowest BCUT2D eigenvalue weighted by Gasteiger charge is -2.27. The number of ketones is 1. The average Bonchev–Trinajstić information content (AvgIpc) is 2.28. The molecular formula is C15H23NO. The van der Waals surface area contributed by atoms with Crippen LogP contribution in [0.4, 0.5) is 5.69 Å². The molecule has 1 rings (SSSR count). The summed E-state index contributed by atoms with van der Waals surface area (Å²) in [5.41, 5.74) is 1.69. The van der Waals surface area contributed by atoms with Crippen LogP contribution in [0.15, 0.2) is 24.3 Å². The summed E-state index contributed by atoms with van der Waals surface area (Å²) in [5.74, 6) is 0.707. The van der Waals surface area contributed by atoms with E-state index in [-0.39, 0.29) is 0 Å². The van der Waals surface area contributed by atoms with Gasteiger partial charge in [0.1, 0.15) is 5.78 Å². The molecule has 0 unspecified atom stereocenters. The Labute approximate surface area is 104 Å². The highest BCUT2D eigenvalue weighted by Gasteiger charge is 2.31. The summed E-state index contributed by atoms with van der Waals surface area (Å²) in [6.45, 7) is 8.18. The fourth-order valence-electron chi connectivity index (χ4n) is 2.02. The first-order valence-electron chi connectivity index (χ1n) is 6.20. The first-order chi connectivity index (χ1) is 7.89. The van der Waals surface area contributed by atoms with Crippen molar-refractivity contribution < 1.29 is 4.79 Å². The van der Waals surface area contributed by atoms with Crippen molar-refractivity contribution in [1.82, 2.24) is 0 Å². The van der Waals surface area contributed by atoms with Crippen LogP contribution < -0.4 is 5.32 Å². The summed E-state index contributed by atoms with van der Waals surface area (Å²) < 4.78 is 0. The highest BCUT2D eigenvalue weighted by Crippen LogP contribution is 2.32. The van der Waals surface area contributed by atoms with E-state index in [9.17, 15) is 4.79 Å². The largest absolute Gasteiger partial charge is 0.388 e. The van der Waals surface area contributed by atoms with Gasteiger partial charge >= 0.3 is 0 Å². The molecule has 2 heteroatoms. The summed E-state index contributed by atoms with van der Waals surface area (Å²) >= 11 is 0. The van der Waals surface area contributed by atoms with Gasteiger partial charge in [0.25, 0.3) is 0 Å². The molecule has 0 bridgehead atoms. The number of carbonyl (C=O) groups excluding carboxylic acids is 1. The average molecular weight is 233 g/mol. The number of carbonyl (C=O) groups is 1. The Hall–Kier alpha value is -1.31. The molecule has 0 aromatic heterocycles. The molecule has 0 heterocycles. The molecule has 0 spiro atoms. The fraction of sp³-hybridized carbons (Fsp3) is 0.533. The normalized spacial score (nSPS) is 11.6. The van der Waals surface area contributed by atoms with Gasteiger partial charge in [0.05, 0.1) is 5.41 Å². The Morgan fingerprint density at radius 3 is 2.41 bits per heavy atom. The Balaban J connectivity index is 3.07. The summed E-state index contributed by atoms with van der Waals surface area (Å²) in [5, 5.41) is 3.16. The number of para-hydroxylation sites is 1. The number of rotatable bonds is 5. The van der Waals surface area contributed by atoms with Crippen molar-refractivity contribution in [2.45, 2.75) is 39.5 Å². The van der Waals surface area contributed by atoms with Crippen LogP contribution in [0.2, 0.25) is 0 Å². The number of hydrogen-bond donors (Lipinski definition) is 1. The van der Waals surface area contributed by atoms with Crippen LogP contribution >= 0.6 is 0 Å². The molecule has 0 aliphatic heterocycles. The van der Waals surface area contributed by atoms with E-state index < -0.39 is 5.41 Å². The molecule has 1 aromatic carbocycles. The molecule has 1 aromatic rings. The Kier molecular flexibility index (Phi) is 4.33. The van der Waals surface area contributed by atoms with Crippen molar-refractivity contribution in [3.8, 4) is 0 Å². The maximum Gasteiger partial charge on any atom is 0.143 e. The topological polar surface area (TPSA) is 29.1 Å². The molecule has 0 radical (unpaired) electrons. The van der Waals surface area contributed by atoms with E-state index >= 15 is 0 Å². The SMILES string of the molecule is CNc1ccccc1C(C)(C)C(=O)CC(C)C. The number of benzene rings is 1. The van der Waals surface area contributed by atoms with Gasteiger partial charge in [-0.25, -0.2) is 0 Å². The molecular weight excluding hydrogens is 210 g/mol. The molecule has 0 saturated heterocycles. The molecule has 0 atom stereocenters. The third-order valence-electron chi connectivity index (χ3n) is 3.16. The fourth-order valence-corrected chi connectivity index (χ4v) is 2.02. The molecule has 0 aliphatic carbocycles. The third-order valence-corrected chi connectivity index (χ3v) is 3.16.